The van der Waals surface area contributed by atoms with Crippen LogP contribution in [0.25, 0.3) is 0 Å². The number of ether oxygens (including phenoxy) is 2. The van der Waals surface area contributed by atoms with Crippen LogP contribution in [-0.2, 0) is 15.7 Å². The second kappa shape index (κ2) is 7.61. The molecule has 1 N–H and O–H groups in total. The molecular formula is C19H16F4N2O4. The number of urea groups is 1. The van der Waals surface area contributed by atoms with Gasteiger partial charge in [0, 0.05) is 5.56 Å². The predicted octanol–water partition coefficient (Wildman–Crippen LogP) is 4.51. The van der Waals surface area contributed by atoms with Gasteiger partial charge < -0.3 is 14.8 Å². The maximum atomic E-state index is 14.2. The minimum atomic E-state index is -4.82. The van der Waals surface area contributed by atoms with Crippen LogP contribution in [0.15, 0.2) is 36.4 Å². The number of hydrogen-bond donors (Lipinski definition) is 1. The van der Waals surface area contributed by atoms with Crippen LogP contribution in [-0.4, -0.2) is 26.2 Å². The fourth-order valence-electron chi connectivity index (χ4n) is 3.26. The first-order valence-electron chi connectivity index (χ1n) is 8.38. The lowest BCUT2D eigenvalue weighted by Crippen LogP contribution is -2.44. The first-order chi connectivity index (χ1) is 13.7. The van der Waals surface area contributed by atoms with Crippen molar-refractivity contribution in [3.63, 3.8) is 0 Å². The lowest BCUT2D eigenvalue weighted by atomic mass is 9.95. The summed E-state index contributed by atoms with van der Waals surface area (Å²) in [5.41, 5.74) is -1.79. The van der Waals surface area contributed by atoms with Gasteiger partial charge in [-0.15, -0.1) is 0 Å². The standard InChI is InChI=1S/C19H16F4N2O4/c1-28-14-8-4-6-11(19(21,22)23)17(14)25-13(9-15(26)29-2)10-5-3-7-12(20)16(10)24-18(25)27/h3-8,13H,9H2,1-2H3,(H,24,27). The first kappa shape index (κ1) is 20.4. The number of amides is 2. The van der Waals surface area contributed by atoms with Crippen molar-refractivity contribution in [3.8, 4) is 5.75 Å². The molecule has 0 spiro atoms. The Balaban J connectivity index is 2.27. The van der Waals surface area contributed by atoms with Gasteiger partial charge in [0.2, 0.25) is 0 Å². The number of carbonyl (C=O) groups is 2. The molecule has 3 rings (SSSR count). The quantitative estimate of drug-likeness (QED) is 0.593. The van der Waals surface area contributed by atoms with E-state index in [4.69, 9.17) is 4.74 Å². The Morgan fingerprint density at radius 1 is 1.17 bits per heavy atom. The Bertz CT molecular complexity index is 962. The van der Waals surface area contributed by atoms with E-state index in [-0.39, 0.29) is 17.0 Å². The summed E-state index contributed by atoms with van der Waals surface area (Å²) in [6, 6.07) is 4.74. The van der Waals surface area contributed by atoms with Crippen molar-refractivity contribution < 1.29 is 36.6 Å². The molecule has 2 aromatic rings. The highest BCUT2D eigenvalue weighted by atomic mass is 19.4. The zero-order valence-corrected chi connectivity index (χ0v) is 15.3. The number of anilines is 2. The number of fused-ring (bicyclic) bond motifs is 1. The minimum absolute atomic E-state index is 0.133. The molecule has 1 atom stereocenters. The van der Waals surface area contributed by atoms with Crippen molar-refractivity contribution >= 4 is 23.4 Å². The number of benzene rings is 2. The van der Waals surface area contributed by atoms with E-state index in [1.165, 1.54) is 18.2 Å². The monoisotopic (exact) mass is 412 g/mol. The number of halogens is 4. The summed E-state index contributed by atoms with van der Waals surface area (Å²) in [5, 5.41) is 2.26. The molecule has 0 aromatic heterocycles. The van der Waals surface area contributed by atoms with Gasteiger partial charge in [-0.3, -0.25) is 9.69 Å². The Morgan fingerprint density at radius 2 is 1.86 bits per heavy atom. The van der Waals surface area contributed by atoms with Gasteiger partial charge in [0.25, 0.3) is 0 Å². The summed E-state index contributed by atoms with van der Waals surface area (Å²) in [5.74, 6) is -1.79. The van der Waals surface area contributed by atoms with Gasteiger partial charge in [-0.25, -0.2) is 9.18 Å². The van der Waals surface area contributed by atoms with E-state index in [1.807, 2.05) is 0 Å². The van der Waals surface area contributed by atoms with Crippen LogP contribution in [0.3, 0.4) is 0 Å². The maximum Gasteiger partial charge on any atom is 0.418 e. The van der Waals surface area contributed by atoms with Crippen LogP contribution < -0.4 is 15.0 Å². The molecular weight excluding hydrogens is 396 g/mol. The van der Waals surface area contributed by atoms with Crippen LogP contribution in [0, 0.1) is 5.82 Å². The lowest BCUT2D eigenvalue weighted by Gasteiger charge is -2.38. The van der Waals surface area contributed by atoms with Gasteiger partial charge in [-0.2, -0.15) is 13.2 Å². The predicted molar refractivity (Wildman–Crippen MR) is 95.3 cm³/mol. The second-order valence-corrected chi connectivity index (χ2v) is 6.15. The largest absolute Gasteiger partial charge is 0.495 e. The highest BCUT2D eigenvalue weighted by Crippen LogP contribution is 2.48. The van der Waals surface area contributed by atoms with Gasteiger partial charge in [0.15, 0.2) is 0 Å². The van der Waals surface area contributed by atoms with Gasteiger partial charge in [-0.05, 0) is 18.2 Å². The third-order valence-corrected chi connectivity index (χ3v) is 4.52. The fraction of sp³-hybridized carbons (Fsp3) is 0.263. The van der Waals surface area contributed by atoms with Crippen LogP contribution in [0.4, 0.5) is 33.7 Å². The molecule has 1 unspecified atom stereocenters. The lowest BCUT2D eigenvalue weighted by molar-refractivity contribution is -0.141. The zero-order valence-electron chi connectivity index (χ0n) is 15.3. The molecule has 0 fully saturated rings. The van der Waals surface area contributed by atoms with Gasteiger partial charge in [0.1, 0.15) is 17.3 Å². The molecule has 2 aromatic carbocycles. The van der Waals surface area contributed by atoms with Gasteiger partial charge in [0.05, 0.1) is 37.9 Å². The molecule has 0 bridgehead atoms. The molecule has 0 radical (unpaired) electrons. The van der Waals surface area contributed by atoms with Crippen molar-refractivity contribution in [1.82, 2.24) is 0 Å². The molecule has 29 heavy (non-hydrogen) atoms. The normalized spacial score (nSPS) is 16.1. The molecule has 6 nitrogen and oxygen atoms in total. The zero-order chi connectivity index (χ0) is 21.3. The van der Waals surface area contributed by atoms with Gasteiger partial charge >= 0.3 is 18.2 Å². The third kappa shape index (κ3) is 3.69. The van der Waals surface area contributed by atoms with E-state index < -0.39 is 47.7 Å². The fourth-order valence-corrected chi connectivity index (χ4v) is 3.26. The number of rotatable bonds is 4. The van der Waals surface area contributed by atoms with Gasteiger partial charge in [-0.1, -0.05) is 18.2 Å². The summed E-state index contributed by atoms with van der Waals surface area (Å²) < 4.78 is 65.0. The van der Waals surface area contributed by atoms with Crippen LogP contribution >= 0.6 is 0 Å². The summed E-state index contributed by atoms with van der Waals surface area (Å²) in [6.45, 7) is 0. The van der Waals surface area contributed by atoms with Crippen LogP contribution in [0.2, 0.25) is 0 Å². The van der Waals surface area contributed by atoms with Crippen molar-refractivity contribution in [2.75, 3.05) is 24.4 Å². The number of nitrogens with zero attached hydrogens (tertiary/aromatic N) is 1. The molecule has 0 aliphatic carbocycles. The topological polar surface area (TPSA) is 67.9 Å². The number of para-hydroxylation sites is 2. The first-order valence-corrected chi connectivity index (χ1v) is 8.38. The number of nitrogens with one attached hydrogen (secondary N) is 1. The van der Waals surface area contributed by atoms with E-state index in [9.17, 15) is 27.2 Å². The Hall–Kier alpha value is -3.30. The average Bonchev–Trinajstić information content (AvgIpc) is 2.67. The summed E-state index contributed by atoms with van der Waals surface area (Å²) in [6.07, 6.45) is -5.31. The van der Waals surface area contributed by atoms with E-state index in [0.29, 0.717) is 0 Å². The summed E-state index contributed by atoms with van der Waals surface area (Å²) in [7, 11) is 2.26. The van der Waals surface area contributed by atoms with Crippen LogP contribution in [0.5, 0.6) is 5.75 Å². The molecule has 1 aliphatic heterocycles. The van der Waals surface area contributed by atoms with E-state index in [2.05, 4.69) is 10.1 Å². The average molecular weight is 412 g/mol. The molecule has 2 amide bonds. The maximum absolute atomic E-state index is 14.2. The molecule has 10 heteroatoms. The number of alkyl halides is 3. The van der Waals surface area contributed by atoms with Crippen LogP contribution in [0.1, 0.15) is 23.6 Å². The molecule has 0 saturated carbocycles. The van der Waals surface area contributed by atoms with E-state index in [1.54, 1.807) is 0 Å². The molecule has 0 saturated heterocycles. The van der Waals surface area contributed by atoms with Crippen molar-refractivity contribution in [2.24, 2.45) is 0 Å². The van der Waals surface area contributed by atoms with Crippen molar-refractivity contribution in [1.29, 1.82) is 0 Å². The highest BCUT2D eigenvalue weighted by molar-refractivity contribution is 6.07. The Morgan fingerprint density at radius 3 is 2.48 bits per heavy atom. The molecule has 1 heterocycles. The van der Waals surface area contributed by atoms with Crippen molar-refractivity contribution in [3.05, 3.63) is 53.3 Å². The second-order valence-electron chi connectivity index (χ2n) is 6.15. The Kier molecular flexibility index (Phi) is 5.36. The number of methoxy groups -OCH3 is 2. The van der Waals surface area contributed by atoms with E-state index >= 15 is 0 Å². The number of carbonyl (C=O) groups excluding carboxylic acids is 2. The summed E-state index contributed by atoms with van der Waals surface area (Å²) >= 11 is 0. The van der Waals surface area contributed by atoms with E-state index in [0.717, 1.165) is 37.3 Å². The molecule has 154 valence electrons. The highest BCUT2D eigenvalue weighted by Gasteiger charge is 2.43. The van der Waals surface area contributed by atoms with Crippen molar-refractivity contribution in [2.45, 2.75) is 18.6 Å². The third-order valence-electron chi connectivity index (χ3n) is 4.52. The Labute approximate surface area is 163 Å². The number of esters is 1. The minimum Gasteiger partial charge on any atom is -0.495 e. The SMILES string of the molecule is COC(=O)CC1c2cccc(F)c2NC(=O)N1c1c(OC)cccc1C(F)(F)F. The smallest absolute Gasteiger partial charge is 0.418 e. The molecule has 1 aliphatic rings. The number of hydrogen-bond acceptors (Lipinski definition) is 4. The summed E-state index contributed by atoms with van der Waals surface area (Å²) in [4.78, 5) is 25.5.